The molecule has 0 N–H and O–H groups in total. The van der Waals surface area contributed by atoms with E-state index in [0.29, 0.717) is 24.0 Å². The molecule has 2 nitrogen and oxygen atoms in total. The summed E-state index contributed by atoms with van der Waals surface area (Å²) in [6.07, 6.45) is 14.5. The Hall–Kier alpha value is -8.08. The van der Waals surface area contributed by atoms with Gasteiger partial charge in [-0.05, 0) is 151 Å². The van der Waals surface area contributed by atoms with Crippen LogP contribution in [0.4, 0.5) is 31.5 Å². The Kier molecular flexibility index (Phi) is 10.6. The first kappa shape index (κ1) is 44.1. The summed E-state index contributed by atoms with van der Waals surface area (Å²) in [5.41, 5.74) is 19.6. The minimum atomic E-state index is -0.694. The van der Waals surface area contributed by atoms with Gasteiger partial charge in [-0.1, -0.05) is 185 Å². The van der Waals surface area contributed by atoms with Crippen molar-refractivity contribution >= 4 is 33.9 Å². The van der Waals surface area contributed by atoms with Gasteiger partial charge in [-0.15, -0.1) is 0 Å². The number of hydrogen-bond donors (Lipinski definition) is 0. The molecule has 0 radical (unpaired) electrons. The molecular weight excluding hydrogens is 871 g/mol. The van der Waals surface area contributed by atoms with Crippen molar-refractivity contribution in [2.24, 2.45) is 0 Å². The van der Waals surface area contributed by atoms with E-state index in [-0.39, 0.29) is 23.1 Å². The third-order valence-electron chi connectivity index (χ3n) is 15.4. The van der Waals surface area contributed by atoms with Crippen LogP contribution in [-0.2, 0) is 17.3 Å². The van der Waals surface area contributed by atoms with Gasteiger partial charge in [0.2, 0.25) is 0 Å². The third-order valence-corrected chi connectivity index (χ3v) is 15.4. The lowest BCUT2D eigenvalue weighted by molar-refractivity contribution is 0.590. The number of benzene rings is 8. The Bertz CT molecular complexity index is 3520. The molecule has 0 heterocycles. The van der Waals surface area contributed by atoms with Gasteiger partial charge >= 0.3 is 0 Å². The molecule has 0 aromatic heterocycles. The average Bonchev–Trinajstić information content (AvgIpc) is 3.84. The predicted molar refractivity (Wildman–Crippen MR) is 293 cm³/mol. The van der Waals surface area contributed by atoms with Crippen LogP contribution in [0.1, 0.15) is 66.1 Å². The number of hydrogen-bond acceptors (Lipinski definition) is 2. The van der Waals surface area contributed by atoms with Crippen molar-refractivity contribution in [3.8, 4) is 33.4 Å². The third kappa shape index (κ3) is 7.10. The quantitative estimate of drug-likeness (QED) is 0.157. The summed E-state index contributed by atoms with van der Waals surface area (Å²) >= 11 is 0. The second-order valence-electron chi connectivity index (χ2n) is 20.4. The lowest BCUT2D eigenvalue weighted by Crippen LogP contribution is -2.36. The Morgan fingerprint density at radius 3 is 1.73 bits per heavy atom. The molecule has 71 heavy (non-hydrogen) atoms. The molecule has 4 aliphatic carbocycles. The number of allylic oxidation sites excluding steroid dienone is 7. The molecule has 346 valence electrons. The molecule has 12 rings (SSSR count). The Morgan fingerprint density at radius 2 is 1.13 bits per heavy atom. The smallest absolute Gasteiger partial charge is 0.133 e. The number of nitrogens with zero attached hydrogens (tertiary/aromatic N) is 2. The van der Waals surface area contributed by atoms with Crippen molar-refractivity contribution in [2.75, 3.05) is 16.8 Å². The van der Waals surface area contributed by atoms with Crippen LogP contribution in [0.2, 0.25) is 0 Å². The van der Waals surface area contributed by atoms with Crippen molar-refractivity contribution in [3.63, 3.8) is 0 Å². The average molecular weight is 925 g/mol. The van der Waals surface area contributed by atoms with E-state index >= 15 is 8.78 Å². The maximum absolute atomic E-state index is 16.9. The van der Waals surface area contributed by atoms with Crippen molar-refractivity contribution in [3.05, 3.63) is 275 Å². The normalized spacial score (nSPS) is 16.9. The van der Waals surface area contributed by atoms with E-state index in [0.717, 1.165) is 50.6 Å². The number of fused-ring (bicyclic) bond motifs is 11. The number of rotatable bonds is 7. The summed E-state index contributed by atoms with van der Waals surface area (Å²) in [7, 11) is 2.08. The molecule has 0 saturated heterocycles. The monoisotopic (exact) mass is 924 g/mol. The largest absolute Gasteiger partial charge is 0.368 e. The molecule has 0 amide bonds. The molecule has 4 aliphatic rings. The van der Waals surface area contributed by atoms with E-state index in [4.69, 9.17) is 6.58 Å². The molecule has 8 aromatic rings. The summed E-state index contributed by atoms with van der Waals surface area (Å²) in [5, 5.41) is 0. The standard InChI is InChI=1S/C67H54F2N2/c1-43-19-9-6-14-26-56-63(71(47-31-29-46(30-32-47)66(2,3)4)50-35-37-52(62(69)41-50)45-22-12-8-13-23-45)42-60-65(64(43)56)55-38-34-48(70(5)49-33-36-51(61(68)40-49)44-20-10-7-11-21-44)39-59(55)67(60)57-27-17-15-24-53(57)54-25-16-18-28-58(54)67/h6-25,27-38,40-42,48H,1,26,39H2,2-5H3/b14-6-,19-9-. The zero-order valence-electron chi connectivity index (χ0n) is 40.6. The van der Waals surface area contributed by atoms with Gasteiger partial charge in [0, 0.05) is 35.2 Å². The van der Waals surface area contributed by atoms with Crippen molar-refractivity contribution in [1.82, 2.24) is 0 Å². The van der Waals surface area contributed by atoms with Gasteiger partial charge in [-0.25, -0.2) is 8.78 Å². The van der Waals surface area contributed by atoms with Gasteiger partial charge in [-0.3, -0.25) is 0 Å². The highest BCUT2D eigenvalue weighted by Gasteiger charge is 2.55. The zero-order valence-corrected chi connectivity index (χ0v) is 40.6. The fraction of sp³-hybridized carbons (Fsp3) is 0.134. The molecule has 0 bridgehead atoms. The van der Waals surface area contributed by atoms with Crippen molar-refractivity contribution in [1.29, 1.82) is 0 Å². The minimum Gasteiger partial charge on any atom is -0.368 e. The van der Waals surface area contributed by atoms with E-state index in [1.807, 2.05) is 78.9 Å². The zero-order chi connectivity index (χ0) is 48.6. The summed E-state index contributed by atoms with van der Waals surface area (Å²) in [6.45, 7) is 11.5. The predicted octanol–water partition coefficient (Wildman–Crippen LogP) is 17.3. The summed E-state index contributed by atoms with van der Waals surface area (Å²) in [5.74, 6) is -0.536. The van der Waals surface area contributed by atoms with Crippen LogP contribution in [0.3, 0.4) is 0 Å². The Balaban J connectivity index is 1.10. The van der Waals surface area contributed by atoms with E-state index in [2.05, 4.69) is 159 Å². The van der Waals surface area contributed by atoms with Gasteiger partial charge in [0.05, 0.1) is 17.1 Å². The molecule has 0 aliphatic heterocycles. The molecular formula is C67H54F2N2. The van der Waals surface area contributed by atoms with E-state index < -0.39 is 5.41 Å². The fourth-order valence-electron chi connectivity index (χ4n) is 11.9. The molecule has 4 heteroatoms. The SMILES string of the molecule is C=C1/C=C\C=C/Cc2c(N(c3ccc(C(C)(C)C)cc3)c3ccc(-c4ccccc4)c(F)c3)cc3c(c21)C1=C(CC(N(C)c2ccc(-c4ccccc4)c(F)c2)C=C1)C31c2ccccc2-c2ccccc21. The van der Waals surface area contributed by atoms with Crippen molar-refractivity contribution < 1.29 is 8.78 Å². The summed E-state index contributed by atoms with van der Waals surface area (Å²) < 4.78 is 33.0. The number of halogens is 2. The van der Waals surface area contributed by atoms with Crippen LogP contribution >= 0.6 is 0 Å². The second kappa shape index (κ2) is 17.1. The molecule has 1 spiro atoms. The summed E-state index contributed by atoms with van der Waals surface area (Å²) in [6, 6.07) is 59.8. The lowest BCUT2D eigenvalue weighted by atomic mass is 9.67. The van der Waals surface area contributed by atoms with Crippen LogP contribution in [0.15, 0.2) is 225 Å². The van der Waals surface area contributed by atoms with Gasteiger partial charge in [-0.2, -0.15) is 0 Å². The van der Waals surface area contributed by atoms with E-state index in [1.165, 1.54) is 50.1 Å². The molecule has 0 fully saturated rings. The van der Waals surface area contributed by atoms with E-state index in [1.54, 1.807) is 12.1 Å². The highest BCUT2D eigenvalue weighted by atomic mass is 19.1. The van der Waals surface area contributed by atoms with Crippen LogP contribution in [-0.4, -0.2) is 13.1 Å². The molecule has 1 unspecified atom stereocenters. The minimum absolute atomic E-state index is 0.0653. The van der Waals surface area contributed by atoms with Gasteiger partial charge in [0.15, 0.2) is 0 Å². The highest BCUT2D eigenvalue weighted by Crippen LogP contribution is 2.66. The van der Waals surface area contributed by atoms with Crippen LogP contribution in [0, 0.1) is 11.6 Å². The Labute approximate surface area is 416 Å². The first-order valence-corrected chi connectivity index (χ1v) is 24.7. The first-order chi connectivity index (χ1) is 34.5. The molecule has 0 saturated carbocycles. The Morgan fingerprint density at radius 1 is 0.563 bits per heavy atom. The van der Waals surface area contributed by atoms with Crippen LogP contribution in [0.5, 0.6) is 0 Å². The maximum atomic E-state index is 16.9. The van der Waals surface area contributed by atoms with Gasteiger partial charge in [0.1, 0.15) is 11.6 Å². The topological polar surface area (TPSA) is 6.48 Å². The fourth-order valence-corrected chi connectivity index (χ4v) is 11.9. The molecule has 8 aromatic carbocycles. The maximum Gasteiger partial charge on any atom is 0.133 e. The first-order valence-electron chi connectivity index (χ1n) is 24.7. The number of likely N-dealkylation sites (N-methyl/N-ethyl adjacent to an activating group) is 1. The second-order valence-corrected chi connectivity index (χ2v) is 20.4. The van der Waals surface area contributed by atoms with Crippen LogP contribution < -0.4 is 9.80 Å². The van der Waals surface area contributed by atoms with E-state index in [9.17, 15) is 0 Å². The van der Waals surface area contributed by atoms with Crippen LogP contribution in [0.25, 0.3) is 44.5 Å². The lowest BCUT2D eigenvalue weighted by Gasteiger charge is -2.38. The molecule has 1 atom stereocenters. The van der Waals surface area contributed by atoms with Gasteiger partial charge in [0.25, 0.3) is 0 Å². The van der Waals surface area contributed by atoms with Crippen molar-refractivity contribution in [2.45, 2.75) is 50.5 Å². The number of anilines is 4. The van der Waals surface area contributed by atoms with Gasteiger partial charge < -0.3 is 9.80 Å². The highest BCUT2D eigenvalue weighted by molar-refractivity contribution is 6.03. The summed E-state index contributed by atoms with van der Waals surface area (Å²) in [4.78, 5) is 4.49.